The van der Waals surface area contributed by atoms with Crippen LogP contribution in [-0.2, 0) is 16.1 Å². The van der Waals surface area contributed by atoms with Crippen molar-refractivity contribution in [3.63, 3.8) is 0 Å². The van der Waals surface area contributed by atoms with Crippen LogP contribution in [0, 0.1) is 5.82 Å². The summed E-state index contributed by atoms with van der Waals surface area (Å²) in [6.07, 6.45) is 1.22. The van der Waals surface area contributed by atoms with Crippen LogP contribution in [-0.4, -0.2) is 37.6 Å². The van der Waals surface area contributed by atoms with Crippen LogP contribution in [0.2, 0.25) is 0 Å². The van der Waals surface area contributed by atoms with Gasteiger partial charge in [0.15, 0.2) is 0 Å². The van der Waals surface area contributed by atoms with Crippen molar-refractivity contribution in [2.75, 3.05) is 25.5 Å². The van der Waals surface area contributed by atoms with Crippen molar-refractivity contribution >= 4 is 29.9 Å². The van der Waals surface area contributed by atoms with Crippen molar-refractivity contribution in [2.45, 2.75) is 25.0 Å². The Morgan fingerprint density at radius 3 is 2.28 bits per heavy atom. The van der Waals surface area contributed by atoms with E-state index in [2.05, 4.69) is 16.0 Å². The molecule has 8 heteroatoms. The molecule has 0 aromatic heterocycles. The summed E-state index contributed by atoms with van der Waals surface area (Å²) in [7, 11) is 1.56. The molecule has 0 aliphatic carbocycles. The highest BCUT2D eigenvalue weighted by molar-refractivity contribution is 5.98. The summed E-state index contributed by atoms with van der Waals surface area (Å²) < 4.78 is 18.4. The normalized spacial score (nSPS) is 15.1. The number of rotatable bonds is 6. The molecule has 0 saturated carbocycles. The summed E-state index contributed by atoms with van der Waals surface area (Å²) >= 11 is 0. The van der Waals surface area contributed by atoms with E-state index in [4.69, 9.17) is 4.74 Å². The van der Waals surface area contributed by atoms with E-state index in [-0.39, 0.29) is 30.0 Å². The molecule has 0 radical (unpaired) electrons. The second kappa shape index (κ2) is 10.3. The van der Waals surface area contributed by atoms with E-state index >= 15 is 0 Å². The molecule has 0 spiro atoms. The van der Waals surface area contributed by atoms with Gasteiger partial charge in [0.05, 0.1) is 0 Å². The molecule has 0 unspecified atom stereocenters. The maximum absolute atomic E-state index is 12.9. The largest absolute Gasteiger partial charge is 0.368 e. The molecule has 0 atom stereocenters. The lowest BCUT2D eigenvalue weighted by Crippen LogP contribution is -2.51. The summed E-state index contributed by atoms with van der Waals surface area (Å²) in [5.41, 5.74) is 1.07. The van der Waals surface area contributed by atoms with Gasteiger partial charge in [-0.1, -0.05) is 12.1 Å². The topological polar surface area (TPSA) is 79.5 Å². The number of nitrogens with one attached hydrogen (secondary N) is 3. The van der Waals surface area contributed by atoms with E-state index < -0.39 is 5.60 Å². The maximum atomic E-state index is 12.9. The Hall–Kier alpha value is -2.48. The molecule has 0 bridgehead atoms. The molecule has 1 heterocycles. The van der Waals surface area contributed by atoms with Gasteiger partial charge in [0.1, 0.15) is 11.4 Å². The van der Waals surface area contributed by atoms with Crippen LogP contribution in [0.25, 0.3) is 0 Å². The number of anilines is 1. The average Bonchev–Trinajstić information content (AvgIpc) is 2.74. The molecule has 2 amide bonds. The molecule has 1 saturated heterocycles. The summed E-state index contributed by atoms with van der Waals surface area (Å²) in [5, 5.41) is 8.88. The maximum Gasteiger partial charge on any atom is 0.256 e. The Labute approximate surface area is 175 Å². The van der Waals surface area contributed by atoms with Gasteiger partial charge in [0, 0.05) is 24.9 Å². The molecule has 156 valence electrons. The third kappa shape index (κ3) is 5.76. The number of ether oxygens (including phenoxy) is 1. The predicted molar refractivity (Wildman–Crippen MR) is 112 cm³/mol. The fourth-order valence-electron chi connectivity index (χ4n) is 3.19. The molecule has 1 fully saturated rings. The minimum atomic E-state index is -0.823. The van der Waals surface area contributed by atoms with Crippen molar-refractivity contribution in [1.82, 2.24) is 10.6 Å². The number of carbonyl (C=O) groups excluding carboxylic acids is 2. The number of benzene rings is 2. The Bertz CT molecular complexity index is 822. The molecule has 2 aromatic carbocycles. The third-order valence-corrected chi connectivity index (χ3v) is 4.99. The Balaban J connectivity index is 0.00000300. The quantitative estimate of drug-likeness (QED) is 0.670. The van der Waals surface area contributed by atoms with Gasteiger partial charge in [-0.2, -0.15) is 0 Å². The zero-order valence-electron chi connectivity index (χ0n) is 16.2. The molecule has 1 aliphatic rings. The number of piperidine rings is 1. The van der Waals surface area contributed by atoms with E-state index in [0.29, 0.717) is 30.6 Å². The Morgan fingerprint density at radius 2 is 1.69 bits per heavy atom. The molecule has 3 rings (SSSR count). The molecule has 2 aromatic rings. The predicted octanol–water partition coefficient (Wildman–Crippen LogP) is 2.88. The number of halogens is 2. The highest BCUT2D eigenvalue weighted by atomic mass is 35.5. The van der Waals surface area contributed by atoms with Gasteiger partial charge in [0.25, 0.3) is 11.8 Å². The lowest BCUT2D eigenvalue weighted by atomic mass is 9.91. The fraction of sp³-hybridized carbons (Fsp3) is 0.333. The van der Waals surface area contributed by atoms with E-state index in [0.717, 1.165) is 18.7 Å². The third-order valence-electron chi connectivity index (χ3n) is 4.99. The highest BCUT2D eigenvalue weighted by Gasteiger charge is 2.39. The smallest absolute Gasteiger partial charge is 0.256 e. The van der Waals surface area contributed by atoms with E-state index in [1.807, 2.05) is 0 Å². The minimum Gasteiger partial charge on any atom is -0.368 e. The zero-order chi connectivity index (χ0) is 20.0. The first-order valence-corrected chi connectivity index (χ1v) is 9.22. The van der Waals surface area contributed by atoms with Gasteiger partial charge < -0.3 is 20.7 Å². The summed E-state index contributed by atoms with van der Waals surface area (Å²) in [4.78, 5) is 24.9. The summed E-state index contributed by atoms with van der Waals surface area (Å²) in [5.74, 6) is -0.730. The molecule has 3 N–H and O–H groups in total. The van der Waals surface area contributed by atoms with Crippen molar-refractivity contribution < 1.29 is 18.7 Å². The first-order chi connectivity index (χ1) is 13.5. The number of hydrogen-bond donors (Lipinski definition) is 3. The molecule has 1 aliphatic heterocycles. The fourth-order valence-corrected chi connectivity index (χ4v) is 3.19. The second-order valence-corrected chi connectivity index (χ2v) is 6.79. The van der Waals surface area contributed by atoms with E-state index in [9.17, 15) is 14.0 Å². The second-order valence-electron chi connectivity index (χ2n) is 6.79. The van der Waals surface area contributed by atoms with Crippen LogP contribution in [0.5, 0.6) is 0 Å². The van der Waals surface area contributed by atoms with Crippen LogP contribution in [0.3, 0.4) is 0 Å². The van der Waals surface area contributed by atoms with Gasteiger partial charge in [-0.3, -0.25) is 9.59 Å². The van der Waals surface area contributed by atoms with Crippen LogP contribution in [0.4, 0.5) is 10.1 Å². The van der Waals surface area contributed by atoms with Crippen molar-refractivity contribution in [3.05, 3.63) is 65.5 Å². The SMILES string of the molecule is COC1(C(=O)Nc2ccc(C(=O)NCc3ccc(F)cc3)cc2)CCNCC1.Cl. The minimum absolute atomic E-state index is 0. The van der Waals surface area contributed by atoms with E-state index in [1.54, 1.807) is 43.5 Å². The average molecular weight is 422 g/mol. The van der Waals surface area contributed by atoms with Crippen LogP contribution >= 0.6 is 12.4 Å². The molecule has 29 heavy (non-hydrogen) atoms. The first-order valence-electron chi connectivity index (χ1n) is 9.22. The summed E-state index contributed by atoms with van der Waals surface area (Å²) in [6, 6.07) is 12.6. The van der Waals surface area contributed by atoms with E-state index in [1.165, 1.54) is 12.1 Å². The van der Waals surface area contributed by atoms with Crippen LogP contribution in [0.15, 0.2) is 48.5 Å². The monoisotopic (exact) mass is 421 g/mol. The molecule has 6 nitrogen and oxygen atoms in total. The van der Waals surface area contributed by atoms with Crippen LogP contribution < -0.4 is 16.0 Å². The lowest BCUT2D eigenvalue weighted by Gasteiger charge is -2.34. The number of amides is 2. The van der Waals surface area contributed by atoms with Crippen molar-refractivity contribution in [3.8, 4) is 0 Å². The zero-order valence-corrected chi connectivity index (χ0v) is 17.0. The summed E-state index contributed by atoms with van der Waals surface area (Å²) in [6.45, 7) is 1.77. The van der Waals surface area contributed by atoms with Crippen molar-refractivity contribution in [1.29, 1.82) is 0 Å². The van der Waals surface area contributed by atoms with Gasteiger partial charge in [-0.25, -0.2) is 4.39 Å². The number of methoxy groups -OCH3 is 1. The first kappa shape index (κ1) is 22.8. The van der Waals surface area contributed by atoms with Crippen molar-refractivity contribution in [2.24, 2.45) is 0 Å². The van der Waals surface area contributed by atoms with Gasteiger partial charge in [0.2, 0.25) is 0 Å². The number of carbonyl (C=O) groups is 2. The van der Waals surface area contributed by atoms with Gasteiger partial charge in [-0.15, -0.1) is 12.4 Å². The highest BCUT2D eigenvalue weighted by Crippen LogP contribution is 2.24. The van der Waals surface area contributed by atoms with Gasteiger partial charge >= 0.3 is 0 Å². The molecular weight excluding hydrogens is 397 g/mol. The number of hydrogen-bond acceptors (Lipinski definition) is 4. The van der Waals surface area contributed by atoms with Crippen LogP contribution in [0.1, 0.15) is 28.8 Å². The van der Waals surface area contributed by atoms with Gasteiger partial charge in [-0.05, 0) is 67.9 Å². The Kier molecular flexibility index (Phi) is 8.13. The standard InChI is InChI=1S/C21H24FN3O3.ClH/c1-28-21(10-12-23-13-11-21)20(27)25-18-8-4-16(5-9-18)19(26)24-14-15-2-6-17(22)7-3-15;/h2-9,23H,10-14H2,1H3,(H,24,26)(H,25,27);1H. The molecular formula is C21H25ClFN3O3. The Morgan fingerprint density at radius 1 is 1.07 bits per heavy atom. The lowest BCUT2D eigenvalue weighted by molar-refractivity contribution is -0.140.